The van der Waals surface area contributed by atoms with Crippen LogP contribution < -0.4 is 4.72 Å². The smallest absolute Gasteiger partial charge is 0.263 e. The highest BCUT2D eigenvalue weighted by Gasteiger charge is 2.14. The van der Waals surface area contributed by atoms with Gasteiger partial charge in [-0.3, -0.25) is 4.72 Å². The van der Waals surface area contributed by atoms with Crippen molar-refractivity contribution in [3.8, 4) is 5.75 Å². The van der Waals surface area contributed by atoms with Crippen molar-refractivity contribution in [2.24, 2.45) is 0 Å². The first-order valence-electron chi connectivity index (χ1n) is 5.23. The lowest BCUT2D eigenvalue weighted by atomic mass is 10.3. The van der Waals surface area contributed by atoms with E-state index in [-0.39, 0.29) is 16.5 Å². The molecule has 0 unspecified atom stereocenters. The van der Waals surface area contributed by atoms with Crippen molar-refractivity contribution in [2.45, 2.75) is 11.8 Å². The highest BCUT2D eigenvalue weighted by Crippen LogP contribution is 2.17. The van der Waals surface area contributed by atoms with Gasteiger partial charge in [-0.1, -0.05) is 6.07 Å². The zero-order valence-electron chi connectivity index (χ0n) is 9.66. The number of sulfonamides is 1. The fourth-order valence-corrected chi connectivity index (χ4v) is 2.42. The lowest BCUT2D eigenvalue weighted by molar-refractivity contribution is 0.475. The standard InChI is InChI=1S/C12H12N2O3S/c1-9-3-2-4-12(13-9)14-18(16,17)11-7-5-10(15)6-8-11/h2-8,15H,1H3,(H,13,14). The van der Waals surface area contributed by atoms with Gasteiger partial charge in [0.25, 0.3) is 10.0 Å². The summed E-state index contributed by atoms with van der Waals surface area (Å²) in [7, 11) is -3.67. The van der Waals surface area contributed by atoms with Gasteiger partial charge in [0, 0.05) is 5.69 Å². The van der Waals surface area contributed by atoms with Gasteiger partial charge in [-0.05, 0) is 43.3 Å². The van der Waals surface area contributed by atoms with Crippen LogP contribution in [0, 0.1) is 6.92 Å². The summed E-state index contributed by atoms with van der Waals surface area (Å²) in [6.45, 7) is 1.78. The Hall–Kier alpha value is -2.08. The van der Waals surface area contributed by atoms with Gasteiger partial charge in [-0.25, -0.2) is 13.4 Å². The predicted molar refractivity (Wildman–Crippen MR) is 67.9 cm³/mol. The predicted octanol–water partition coefficient (Wildman–Crippen LogP) is 1.90. The summed E-state index contributed by atoms with van der Waals surface area (Å²) in [5.74, 6) is 0.283. The van der Waals surface area contributed by atoms with Crippen LogP contribution in [0.2, 0.25) is 0 Å². The zero-order chi connectivity index (χ0) is 13.2. The molecular formula is C12H12N2O3S. The summed E-state index contributed by atoms with van der Waals surface area (Å²) in [6.07, 6.45) is 0. The van der Waals surface area contributed by atoms with Crippen molar-refractivity contribution in [2.75, 3.05) is 4.72 Å². The Morgan fingerprint density at radius 1 is 1.11 bits per heavy atom. The first-order chi connectivity index (χ1) is 8.47. The van der Waals surface area contributed by atoms with Crippen LogP contribution >= 0.6 is 0 Å². The Bertz CT molecular complexity index is 651. The minimum Gasteiger partial charge on any atom is -0.508 e. The Morgan fingerprint density at radius 3 is 2.39 bits per heavy atom. The van der Waals surface area contributed by atoms with Crippen LogP contribution in [-0.2, 0) is 10.0 Å². The molecule has 2 N–H and O–H groups in total. The maximum atomic E-state index is 12.0. The number of pyridine rings is 1. The average molecular weight is 264 g/mol. The minimum atomic E-state index is -3.67. The Kier molecular flexibility index (Phi) is 3.20. The molecule has 94 valence electrons. The summed E-state index contributed by atoms with van der Waals surface area (Å²) in [5, 5.41) is 9.12. The Morgan fingerprint density at radius 2 is 1.78 bits per heavy atom. The van der Waals surface area contributed by atoms with Crippen molar-refractivity contribution in [1.29, 1.82) is 0 Å². The van der Waals surface area contributed by atoms with Crippen molar-refractivity contribution in [1.82, 2.24) is 4.98 Å². The SMILES string of the molecule is Cc1cccc(NS(=O)(=O)c2ccc(O)cc2)n1. The molecule has 0 fully saturated rings. The van der Waals surface area contributed by atoms with Crippen molar-refractivity contribution in [3.05, 3.63) is 48.2 Å². The van der Waals surface area contributed by atoms with E-state index < -0.39 is 10.0 Å². The van der Waals surface area contributed by atoms with E-state index in [9.17, 15) is 8.42 Å². The quantitative estimate of drug-likeness (QED) is 0.887. The molecule has 0 amide bonds. The number of nitrogens with zero attached hydrogens (tertiary/aromatic N) is 1. The van der Waals surface area contributed by atoms with Crippen LogP contribution in [0.1, 0.15) is 5.69 Å². The molecule has 2 aromatic rings. The third-order valence-corrected chi connectivity index (χ3v) is 3.64. The van der Waals surface area contributed by atoms with E-state index in [1.807, 2.05) is 0 Å². The van der Waals surface area contributed by atoms with Crippen LogP contribution in [0.15, 0.2) is 47.4 Å². The lowest BCUT2D eigenvalue weighted by Crippen LogP contribution is -2.13. The molecule has 0 saturated heterocycles. The maximum Gasteiger partial charge on any atom is 0.263 e. The maximum absolute atomic E-state index is 12.0. The Balaban J connectivity index is 2.30. The number of anilines is 1. The Labute approximate surface area is 105 Å². The number of phenolic OH excluding ortho intramolecular Hbond substituents is 1. The number of aryl methyl sites for hydroxylation is 1. The topological polar surface area (TPSA) is 79.3 Å². The largest absolute Gasteiger partial charge is 0.508 e. The van der Waals surface area contributed by atoms with E-state index in [1.165, 1.54) is 24.3 Å². The monoisotopic (exact) mass is 264 g/mol. The first-order valence-corrected chi connectivity index (χ1v) is 6.71. The zero-order valence-corrected chi connectivity index (χ0v) is 10.5. The number of benzene rings is 1. The normalized spacial score (nSPS) is 11.2. The number of rotatable bonds is 3. The third-order valence-electron chi connectivity index (χ3n) is 2.27. The van der Waals surface area contributed by atoms with Gasteiger partial charge in [0.2, 0.25) is 0 Å². The molecule has 0 aliphatic carbocycles. The van der Waals surface area contributed by atoms with Crippen LogP contribution in [0.3, 0.4) is 0 Å². The van der Waals surface area contributed by atoms with E-state index in [4.69, 9.17) is 5.11 Å². The second kappa shape index (κ2) is 4.66. The van der Waals surface area contributed by atoms with E-state index >= 15 is 0 Å². The van der Waals surface area contributed by atoms with E-state index in [2.05, 4.69) is 9.71 Å². The molecule has 6 heteroatoms. The molecule has 18 heavy (non-hydrogen) atoms. The van der Waals surface area contributed by atoms with Gasteiger partial charge < -0.3 is 5.11 Å². The summed E-state index contributed by atoms with van der Waals surface area (Å²) in [6, 6.07) is 10.4. The molecule has 0 saturated carbocycles. The number of aromatic nitrogens is 1. The fraction of sp³-hybridized carbons (Fsp3) is 0.0833. The number of nitrogens with one attached hydrogen (secondary N) is 1. The van der Waals surface area contributed by atoms with Gasteiger partial charge in [0.15, 0.2) is 0 Å². The number of aromatic hydroxyl groups is 1. The van der Waals surface area contributed by atoms with Crippen LogP contribution in [0.4, 0.5) is 5.82 Å². The van der Waals surface area contributed by atoms with Crippen molar-refractivity contribution < 1.29 is 13.5 Å². The molecule has 5 nitrogen and oxygen atoms in total. The molecule has 2 rings (SSSR count). The van der Waals surface area contributed by atoms with Crippen molar-refractivity contribution >= 4 is 15.8 Å². The van der Waals surface area contributed by atoms with Crippen LogP contribution in [0.25, 0.3) is 0 Å². The number of phenols is 1. The van der Waals surface area contributed by atoms with Crippen LogP contribution in [0.5, 0.6) is 5.75 Å². The van der Waals surface area contributed by atoms with E-state index in [0.29, 0.717) is 0 Å². The second-order valence-corrected chi connectivity index (χ2v) is 5.45. The van der Waals surface area contributed by atoms with Gasteiger partial charge in [-0.15, -0.1) is 0 Å². The molecule has 0 spiro atoms. The minimum absolute atomic E-state index is 0.0163. The van der Waals surface area contributed by atoms with Gasteiger partial charge in [0.1, 0.15) is 11.6 Å². The third kappa shape index (κ3) is 2.78. The molecule has 0 radical (unpaired) electrons. The van der Waals surface area contributed by atoms with Gasteiger partial charge >= 0.3 is 0 Å². The van der Waals surface area contributed by atoms with Crippen LogP contribution in [-0.4, -0.2) is 18.5 Å². The highest BCUT2D eigenvalue weighted by molar-refractivity contribution is 7.92. The molecule has 0 atom stereocenters. The summed E-state index contributed by atoms with van der Waals surface area (Å²) in [5.41, 5.74) is 0.723. The molecule has 1 heterocycles. The molecule has 1 aromatic heterocycles. The molecule has 0 bridgehead atoms. The van der Waals surface area contributed by atoms with Gasteiger partial charge in [-0.2, -0.15) is 0 Å². The summed E-state index contributed by atoms with van der Waals surface area (Å²) < 4.78 is 26.4. The number of hydrogen-bond donors (Lipinski definition) is 2. The molecule has 1 aromatic carbocycles. The summed E-state index contributed by atoms with van der Waals surface area (Å²) >= 11 is 0. The van der Waals surface area contributed by atoms with Gasteiger partial charge in [0.05, 0.1) is 4.90 Å². The average Bonchev–Trinajstić information content (AvgIpc) is 2.29. The lowest BCUT2D eigenvalue weighted by Gasteiger charge is -2.07. The molecular weight excluding hydrogens is 252 g/mol. The molecule has 0 aliphatic rings. The van der Waals surface area contributed by atoms with Crippen molar-refractivity contribution in [3.63, 3.8) is 0 Å². The molecule has 0 aliphatic heterocycles. The first kappa shape index (κ1) is 12.4. The fourth-order valence-electron chi connectivity index (χ4n) is 1.42. The summed E-state index contributed by atoms with van der Waals surface area (Å²) in [4.78, 5) is 4.13. The second-order valence-electron chi connectivity index (χ2n) is 3.76. The highest BCUT2D eigenvalue weighted by atomic mass is 32.2. The van der Waals surface area contributed by atoms with E-state index in [1.54, 1.807) is 25.1 Å². The number of hydrogen-bond acceptors (Lipinski definition) is 4. The van der Waals surface area contributed by atoms with E-state index in [0.717, 1.165) is 5.69 Å².